The van der Waals surface area contributed by atoms with Crippen molar-refractivity contribution >= 4 is 23.7 Å². The van der Waals surface area contributed by atoms with Gasteiger partial charge in [-0.05, 0) is 11.6 Å². The Morgan fingerprint density at radius 2 is 1.29 bits per heavy atom. The molecule has 7 heteroatoms. The average Bonchev–Trinajstić information content (AvgIpc) is 2.82. The van der Waals surface area contributed by atoms with Crippen molar-refractivity contribution in [3.63, 3.8) is 0 Å². The van der Waals surface area contributed by atoms with Gasteiger partial charge in [0.05, 0.1) is 5.56 Å². The first-order chi connectivity index (χ1) is 15.0. The second-order valence-corrected chi connectivity index (χ2v) is 6.53. The number of rotatable bonds is 7. The lowest BCUT2D eigenvalue weighted by Crippen LogP contribution is -2.41. The van der Waals surface area contributed by atoms with E-state index in [4.69, 9.17) is 4.74 Å². The standard InChI is InChI=1S/C24H20N2O5/c27-21(26-24(30)25-15-17-9-3-1-4-10-17)16-31-23(29)20-14-8-7-13-19(20)22(28)18-11-5-2-6-12-18/h1-14H,15-16H2,(H2,25,26,27,30). The molecule has 0 aliphatic rings. The molecule has 0 atom stereocenters. The molecule has 3 aromatic rings. The van der Waals surface area contributed by atoms with Gasteiger partial charge in [0.1, 0.15) is 0 Å². The fourth-order valence-electron chi connectivity index (χ4n) is 2.80. The number of ketones is 1. The molecule has 3 aromatic carbocycles. The number of imide groups is 1. The summed E-state index contributed by atoms with van der Waals surface area (Å²) < 4.78 is 5.00. The predicted octanol–water partition coefficient (Wildman–Crippen LogP) is 3.10. The van der Waals surface area contributed by atoms with Crippen LogP contribution >= 0.6 is 0 Å². The van der Waals surface area contributed by atoms with E-state index >= 15 is 0 Å². The molecule has 7 nitrogen and oxygen atoms in total. The van der Waals surface area contributed by atoms with Crippen LogP contribution in [-0.2, 0) is 16.1 Å². The van der Waals surface area contributed by atoms with Gasteiger partial charge in [0.15, 0.2) is 12.4 Å². The maximum Gasteiger partial charge on any atom is 0.339 e. The molecule has 0 radical (unpaired) electrons. The zero-order chi connectivity index (χ0) is 22.1. The Morgan fingerprint density at radius 1 is 0.710 bits per heavy atom. The molecular weight excluding hydrogens is 396 g/mol. The Bertz CT molecular complexity index is 1080. The van der Waals surface area contributed by atoms with Crippen molar-refractivity contribution in [2.24, 2.45) is 0 Å². The second kappa shape index (κ2) is 10.5. The Morgan fingerprint density at radius 3 is 1.97 bits per heavy atom. The van der Waals surface area contributed by atoms with Crippen LogP contribution in [-0.4, -0.2) is 30.3 Å². The Kier molecular flexibility index (Phi) is 7.26. The van der Waals surface area contributed by atoms with Gasteiger partial charge in [0, 0.05) is 17.7 Å². The zero-order valence-corrected chi connectivity index (χ0v) is 16.5. The summed E-state index contributed by atoms with van der Waals surface area (Å²) in [5.41, 5.74) is 1.50. The largest absolute Gasteiger partial charge is 0.452 e. The van der Waals surface area contributed by atoms with Crippen LogP contribution in [0.1, 0.15) is 31.8 Å². The van der Waals surface area contributed by atoms with E-state index in [9.17, 15) is 19.2 Å². The summed E-state index contributed by atoms with van der Waals surface area (Å²) in [6.07, 6.45) is 0. The minimum atomic E-state index is -0.834. The lowest BCUT2D eigenvalue weighted by molar-refractivity contribution is -0.123. The normalized spacial score (nSPS) is 10.1. The number of carbonyl (C=O) groups excluding carboxylic acids is 4. The number of urea groups is 1. The molecule has 0 heterocycles. The van der Waals surface area contributed by atoms with E-state index in [1.165, 1.54) is 12.1 Å². The van der Waals surface area contributed by atoms with Gasteiger partial charge in [-0.3, -0.25) is 14.9 Å². The molecule has 0 aromatic heterocycles. The minimum Gasteiger partial charge on any atom is -0.452 e. The topological polar surface area (TPSA) is 102 Å². The van der Waals surface area contributed by atoms with Crippen LogP contribution in [0.25, 0.3) is 0 Å². The van der Waals surface area contributed by atoms with E-state index in [-0.39, 0.29) is 23.5 Å². The monoisotopic (exact) mass is 416 g/mol. The smallest absolute Gasteiger partial charge is 0.339 e. The third-order valence-corrected chi connectivity index (χ3v) is 4.31. The van der Waals surface area contributed by atoms with Crippen molar-refractivity contribution < 1.29 is 23.9 Å². The first kappa shape index (κ1) is 21.4. The SMILES string of the molecule is O=C(COC(=O)c1ccccc1C(=O)c1ccccc1)NC(=O)NCc1ccccc1. The molecule has 31 heavy (non-hydrogen) atoms. The van der Waals surface area contributed by atoms with Gasteiger partial charge in [-0.2, -0.15) is 0 Å². The van der Waals surface area contributed by atoms with Crippen LogP contribution in [0.2, 0.25) is 0 Å². The molecule has 0 spiro atoms. The number of hydrogen-bond acceptors (Lipinski definition) is 5. The summed E-state index contributed by atoms with van der Waals surface area (Å²) in [6, 6.07) is 23.2. The van der Waals surface area contributed by atoms with E-state index in [0.29, 0.717) is 5.56 Å². The molecule has 3 rings (SSSR count). The van der Waals surface area contributed by atoms with Crippen molar-refractivity contribution in [2.45, 2.75) is 6.54 Å². The third-order valence-electron chi connectivity index (χ3n) is 4.31. The van der Waals surface area contributed by atoms with Crippen LogP contribution in [0.15, 0.2) is 84.9 Å². The van der Waals surface area contributed by atoms with Crippen LogP contribution in [0.4, 0.5) is 4.79 Å². The van der Waals surface area contributed by atoms with Gasteiger partial charge in [0.25, 0.3) is 5.91 Å². The van der Waals surface area contributed by atoms with Gasteiger partial charge < -0.3 is 10.1 Å². The molecule has 0 aliphatic carbocycles. The molecule has 0 unspecified atom stereocenters. The second-order valence-electron chi connectivity index (χ2n) is 6.53. The van der Waals surface area contributed by atoms with Crippen LogP contribution in [0.5, 0.6) is 0 Å². The maximum atomic E-state index is 12.7. The molecule has 0 aliphatic heterocycles. The maximum absolute atomic E-state index is 12.7. The predicted molar refractivity (Wildman–Crippen MR) is 113 cm³/mol. The Hall–Kier alpha value is -4.26. The molecule has 3 amide bonds. The number of carbonyl (C=O) groups is 4. The van der Waals surface area contributed by atoms with Gasteiger partial charge in [0.2, 0.25) is 0 Å². The summed E-state index contributed by atoms with van der Waals surface area (Å²) in [5.74, 6) is -1.96. The van der Waals surface area contributed by atoms with E-state index < -0.39 is 24.5 Å². The van der Waals surface area contributed by atoms with Gasteiger partial charge in [-0.15, -0.1) is 0 Å². The summed E-state index contributed by atoms with van der Waals surface area (Å²) in [7, 11) is 0. The molecule has 156 valence electrons. The lowest BCUT2D eigenvalue weighted by Gasteiger charge is -2.10. The van der Waals surface area contributed by atoms with Crippen molar-refractivity contribution in [3.8, 4) is 0 Å². The first-order valence-electron chi connectivity index (χ1n) is 9.52. The van der Waals surface area contributed by atoms with Gasteiger partial charge in [-0.1, -0.05) is 78.9 Å². The highest BCUT2D eigenvalue weighted by molar-refractivity contribution is 6.14. The highest BCUT2D eigenvalue weighted by Gasteiger charge is 2.20. The van der Waals surface area contributed by atoms with Crippen molar-refractivity contribution in [1.82, 2.24) is 10.6 Å². The van der Waals surface area contributed by atoms with Crippen LogP contribution in [0, 0.1) is 0 Å². The Labute approximate surface area is 179 Å². The third kappa shape index (κ3) is 6.11. The fourth-order valence-corrected chi connectivity index (χ4v) is 2.80. The van der Waals surface area contributed by atoms with Crippen molar-refractivity contribution in [3.05, 3.63) is 107 Å². The molecule has 0 saturated heterocycles. The van der Waals surface area contributed by atoms with Crippen LogP contribution < -0.4 is 10.6 Å². The van der Waals surface area contributed by atoms with E-state index in [2.05, 4.69) is 10.6 Å². The fraction of sp³-hybridized carbons (Fsp3) is 0.0833. The van der Waals surface area contributed by atoms with Gasteiger partial charge >= 0.3 is 12.0 Å². The summed E-state index contributed by atoms with van der Waals surface area (Å²) in [4.78, 5) is 48.9. The highest BCUT2D eigenvalue weighted by atomic mass is 16.5. The number of esters is 1. The van der Waals surface area contributed by atoms with Crippen molar-refractivity contribution in [1.29, 1.82) is 0 Å². The lowest BCUT2D eigenvalue weighted by atomic mass is 9.98. The summed E-state index contributed by atoms with van der Waals surface area (Å²) in [5, 5.41) is 4.62. The van der Waals surface area contributed by atoms with E-state index in [1.807, 2.05) is 30.3 Å². The number of ether oxygens (including phenoxy) is 1. The Balaban J connectivity index is 1.54. The van der Waals surface area contributed by atoms with Gasteiger partial charge in [-0.25, -0.2) is 9.59 Å². The molecular formula is C24H20N2O5. The van der Waals surface area contributed by atoms with E-state index in [1.54, 1.807) is 42.5 Å². The summed E-state index contributed by atoms with van der Waals surface area (Å²) >= 11 is 0. The minimum absolute atomic E-state index is 0.0395. The molecule has 2 N–H and O–H groups in total. The number of benzene rings is 3. The highest BCUT2D eigenvalue weighted by Crippen LogP contribution is 2.15. The average molecular weight is 416 g/mol. The first-order valence-corrected chi connectivity index (χ1v) is 9.52. The molecule has 0 saturated carbocycles. The number of amides is 3. The van der Waals surface area contributed by atoms with E-state index in [0.717, 1.165) is 5.56 Å². The van der Waals surface area contributed by atoms with Crippen molar-refractivity contribution in [2.75, 3.05) is 6.61 Å². The molecule has 0 fully saturated rings. The van der Waals surface area contributed by atoms with Crippen LogP contribution in [0.3, 0.4) is 0 Å². The number of hydrogen-bond donors (Lipinski definition) is 2. The molecule has 0 bridgehead atoms. The number of nitrogens with one attached hydrogen (secondary N) is 2. The quantitative estimate of drug-likeness (QED) is 0.455. The summed E-state index contributed by atoms with van der Waals surface area (Å²) in [6.45, 7) is -0.417. The zero-order valence-electron chi connectivity index (χ0n) is 16.5.